The third-order valence-corrected chi connectivity index (χ3v) is 4.51. The lowest BCUT2D eigenvalue weighted by Gasteiger charge is -2.19. The molecule has 2 nitrogen and oxygen atoms in total. The van der Waals surface area contributed by atoms with E-state index in [0.717, 1.165) is 26.7 Å². The smallest absolute Gasteiger partial charge is 0.170 e. The van der Waals surface area contributed by atoms with E-state index in [0.29, 0.717) is 12.8 Å². The van der Waals surface area contributed by atoms with E-state index in [-0.39, 0.29) is 17.5 Å². The molecule has 2 aromatic carbocycles. The van der Waals surface area contributed by atoms with Gasteiger partial charge < -0.3 is 4.79 Å². The molecule has 2 rings (SSSR count). The van der Waals surface area contributed by atoms with E-state index in [4.69, 9.17) is 0 Å². The summed E-state index contributed by atoms with van der Waals surface area (Å²) in [6.07, 6.45) is 0.965. The molecule has 0 amide bonds. The Morgan fingerprint density at radius 2 is 1.61 bits per heavy atom. The largest absolute Gasteiger partial charge is 0.300 e. The van der Waals surface area contributed by atoms with E-state index in [1.54, 1.807) is 6.92 Å². The molecule has 0 spiro atoms. The van der Waals surface area contributed by atoms with Crippen LogP contribution in [0.15, 0.2) is 46.9 Å². The Hall–Kier alpha value is -1.74. The lowest BCUT2D eigenvalue weighted by Crippen LogP contribution is -2.16. The van der Waals surface area contributed by atoms with Crippen LogP contribution in [0.5, 0.6) is 0 Å². The van der Waals surface area contributed by atoms with Crippen molar-refractivity contribution in [2.75, 3.05) is 0 Å². The number of ketones is 2. The minimum Gasteiger partial charge on any atom is -0.300 e. The second-order valence-electron chi connectivity index (χ2n) is 5.98. The van der Waals surface area contributed by atoms with E-state index >= 15 is 0 Å². The SMILES string of the molecule is CC(=O)CCC(C(=O)c1c(C)cc(Br)cc1C)c1ccccc1. The van der Waals surface area contributed by atoms with Crippen molar-refractivity contribution in [1.82, 2.24) is 0 Å². The molecule has 0 N–H and O–H groups in total. The Morgan fingerprint density at radius 1 is 1.04 bits per heavy atom. The number of Topliss-reactive ketones (excluding diaryl/α,β-unsaturated/α-hetero) is 2. The van der Waals surface area contributed by atoms with E-state index in [1.807, 2.05) is 56.3 Å². The molecule has 0 aromatic heterocycles. The van der Waals surface area contributed by atoms with Gasteiger partial charge in [0.15, 0.2) is 5.78 Å². The Morgan fingerprint density at radius 3 is 2.13 bits per heavy atom. The highest BCUT2D eigenvalue weighted by Gasteiger charge is 2.25. The zero-order valence-electron chi connectivity index (χ0n) is 13.7. The molecule has 2 aromatic rings. The second kappa shape index (κ2) is 7.69. The number of carbonyl (C=O) groups excluding carboxylic acids is 2. The summed E-state index contributed by atoms with van der Waals surface area (Å²) >= 11 is 3.47. The number of aryl methyl sites for hydroxylation is 2. The maximum absolute atomic E-state index is 13.2. The van der Waals surface area contributed by atoms with Gasteiger partial charge in [0, 0.05) is 22.4 Å². The molecule has 0 bridgehead atoms. The Bertz CT molecular complexity index is 697. The number of hydrogen-bond acceptors (Lipinski definition) is 2. The molecule has 0 saturated carbocycles. The summed E-state index contributed by atoms with van der Waals surface area (Å²) in [5.41, 5.74) is 3.67. The minimum atomic E-state index is -0.279. The highest BCUT2D eigenvalue weighted by atomic mass is 79.9. The highest BCUT2D eigenvalue weighted by molar-refractivity contribution is 9.10. The van der Waals surface area contributed by atoms with Gasteiger partial charge in [0.1, 0.15) is 5.78 Å². The summed E-state index contributed by atoms with van der Waals surface area (Å²) < 4.78 is 0.976. The number of halogens is 1. The van der Waals surface area contributed by atoms with Crippen LogP contribution in [-0.4, -0.2) is 11.6 Å². The van der Waals surface area contributed by atoms with Crippen molar-refractivity contribution in [2.24, 2.45) is 0 Å². The van der Waals surface area contributed by atoms with Gasteiger partial charge in [-0.25, -0.2) is 0 Å². The summed E-state index contributed by atoms with van der Waals surface area (Å²) in [4.78, 5) is 24.6. The monoisotopic (exact) mass is 372 g/mol. The van der Waals surface area contributed by atoms with Crippen molar-refractivity contribution in [1.29, 1.82) is 0 Å². The Labute approximate surface area is 146 Å². The average Bonchev–Trinajstić information content (AvgIpc) is 2.47. The predicted molar refractivity (Wildman–Crippen MR) is 97.0 cm³/mol. The molecule has 1 unspecified atom stereocenters. The first kappa shape index (κ1) is 17.6. The molecule has 3 heteroatoms. The normalized spacial score (nSPS) is 12.0. The molecule has 0 aliphatic carbocycles. The fourth-order valence-electron chi connectivity index (χ4n) is 2.96. The van der Waals surface area contributed by atoms with Gasteiger partial charge in [0.25, 0.3) is 0 Å². The van der Waals surface area contributed by atoms with Crippen molar-refractivity contribution in [3.8, 4) is 0 Å². The lowest BCUT2D eigenvalue weighted by atomic mass is 9.84. The number of carbonyl (C=O) groups is 2. The topological polar surface area (TPSA) is 34.1 Å². The van der Waals surface area contributed by atoms with E-state index in [2.05, 4.69) is 15.9 Å². The quantitative estimate of drug-likeness (QED) is 0.635. The molecule has 1 atom stereocenters. The van der Waals surface area contributed by atoms with Crippen LogP contribution in [0.25, 0.3) is 0 Å². The lowest BCUT2D eigenvalue weighted by molar-refractivity contribution is -0.117. The van der Waals surface area contributed by atoms with E-state index < -0.39 is 0 Å². The van der Waals surface area contributed by atoms with Crippen LogP contribution in [0.4, 0.5) is 0 Å². The van der Waals surface area contributed by atoms with Gasteiger partial charge in [-0.05, 0) is 56.0 Å². The zero-order chi connectivity index (χ0) is 17.0. The van der Waals surface area contributed by atoms with Crippen LogP contribution in [0.2, 0.25) is 0 Å². The predicted octanol–water partition coefficient (Wildman–Crippen LogP) is 5.40. The van der Waals surface area contributed by atoms with Crippen molar-refractivity contribution in [2.45, 2.75) is 39.5 Å². The first-order valence-corrected chi connectivity index (χ1v) is 8.54. The fourth-order valence-corrected chi connectivity index (χ4v) is 3.64. The minimum absolute atomic E-state index is 0.0972. The zero-order valence-corrected chi connectivity index (χ0v) is 15.3. The molecule has 0 aliphatic rings. The maximum Gasteiger partial charge on any atom is 0.170 e. The summed E-state index contributed by atoms with van der Waals surface area (Å²) in [7, 11) is 0. The number of hydrogen-bond donors (Lipinski definition) is 0. The van der Waals surface area contributed by atoms with Gasteiger partial charge in [-0.1, -0.05) is 46.3 Å². The summed E-state index contributed by atoms with van der Waals surface area (Å²) in [6, 6.07) is 13.7. The third-order valence-electron chi connectivity index (χ3n) is 4.05. The molecule has 0 saturated heterocycles. The van der Waals surface area contributed by atoms with Crippen molar-refractivity contribution < 1.29 is 9.59 Å². The third kappa shape index (κ3) is 4.38. The van der Waals surface area contributed by atoms with Crippen molar-refractivity contribution in [3.63, 3.8) is 0 Å². The van der Waals surface area contributed by atoms with Gasteiger partial charge in [-0.15, -0.1) is 0 Å². The highest BCUT2D eigenvalue weighted by Crippen LogP contribution is 2.30. The summed E-state index contributed by atoms with van der Waals surface area (Å²) in [5, 5.41) is 0. The molecule has 0 radical (unpaired) electrons. The summed E-state index contributed by atoms with van der Waals surface area (Å²) in [6.45, 7) is 5.48. The molecule has 0 heterocycles. The van der Waals surface area contributed by atoms with Crippen molar-refractivity contribution >= 4 is 27.5 Å². The molecule has 0 aliphatic heterocycles. The Balaban J connectivity index is 2.43. The fraction of sp³-hybridized carbons (Fsp3) is 0.300. The first-order chi connectivity index (χ1) is 10.9. The van der Waals surface area contributed by atoms with Gasteiger partial charge in [0.05, 0.1) is 0 Å². The van der Waals surface area contributed by atoms with Crippen LogP contribution in [0, 0.1) is 13.8 Å². The van der Waals surface area contributed by atoms with Gasteiger partial charge in [-0.3, -0.25) is 4.79 Å². The van der Waals surface area contributed by atoms with Crippen LogP contribution < -0.4 is 0 Å². The van der Waals surface area contributed by atoms with Crippen LogP contribution in [0.1, 0.15) is 52.7 Å². The molecular weight excluding hydrogens is 352 g/mol. The average molecular weight is 373 g/mol. The second-order valence-corrected chi connectivity index (χ2v) is 6.90. The molecule has 23 heavy (non-hydrogen) atoms. The maximum atomic E-state index is 13.2. The van der Waals surface area contributed by atoms with E-state index in [9.17, 15) is 9.59 Å². The van der Waals surface area contributed by atoms with E-state index in [1.165, 1.54) is 0 Å². The Kier molecular flexibility index (Phi) is 5.89. The standard InChI is InChI=1S/C20H21BrO2/c1-13-11-17(21)12-14(2)19(13)20(23)18(10-9-15(3)22)16-7-5-4-6-8-16/h4-8,11-12,18H,9-10H2,1-3H3. The van der Waals surface area contributed by atoms with Crippen molar-refractivity contribution in [3.05, 3.63) is 69.2 Å². The van der Waals surface area contributed by atoms with Crippen LogP contribution >= 0.6 is 15.9 Å². The number of rotatable bonds is 6. The van der Waals surface area contributed by atoms with Crippen LogP contribution in [-0.2, 0) is 4.79 Å². The molecule has 120 valence electrons. The number of benzene rings is 2. The van der Waals surface area contributed by atoms with Gasteiger partial charge in [0.2, 0.25) is 0 Å². The first-order valence-electron chi connectivity index (χ1n) is 7.75. The molecular formula is C20H21BrO2. The summed E-state index contributed by atoms with van der Waals surface area (Å²) in [5.74, 6) is -0.0680. The van der Waals surface area contributed by atoms with Crippen LogP contribution in [0.3, 0.4) is 0 Å². The van der Waals surface area contributed by atoms with Gasteiger partial charge >= 0.3 is 0 Å². The van der Waals surface area contributed by atoms with Gasteiger partial charge in [-0.2, -0.15) is 0 Å². The molecule has 0 fully saturated rings.